The molecule has 0 saturated carbocycles. The van der Waals surface area contributed by atoms with Crippen molar-refractivity contribution in [2.45, 2.75) is 66.8 Å². The van der Waals surface area contributed by atoms with E-state index >= 15 is 0 Å². The van der Waals surface area contributed by atoms with Gasteiger partial charge in [-0.3, -0.25) is 0 Å². The van der Waals surface area contributed by atoms with E-state index in [1.54, 1.807) is 0 Å². The molecule has 77 valence electrons. The van der Waals surface area contributed by atoms with E-state index < -0.39 is 0 Å². The van der Waals surface area contributed by atoms with E-state index in [1.807, 2.05) is 0 Å². The van der Waals surface area contributed by atoms with Crippen LogP contribution in [-0.4, -0.2) is 8.41 Å². The molecular weight excluding hydrogens is 119 g/mol. The Morgan fingerprint density at radius 3 is 0.300 bits per heavy atom. The van der Waals surface area contributed by atoms with E-state index in [1.165, 1.54) is 0 Å². The van der Waals surface area contributed by atoms with E-state index in [-0.39, 0.29) is 76.7 Å². The molecule has 0 amide bonds. The van der Waals surface area contributed by atoms with Gasteiger partial charge in [-0.1, -0.05) is 66.8 Å². The normalized spacial score (nSPS) is 0. The van der Waals surface area contributed by atoms with Crippen molar-refractivity contribution in [3.63, 3.8) is 0 Å². The van der Waals surface area contributed by atoms with Crippen LogP contribution in [0.15, 0.2) is 0 Å². The van der Waals surface area contributed by atoms with Crippen LogP contribution in [-0.2, 0) is 0 Å². The maximum atomic E-state index is 0. The standard InChI is InChI=1S/9CH4.B.H2/h9*1H4;;1H/i;;;;;;;;;;1+1. The first kappa shape index (κ1) is 196000. The first-order valence-corrected chi connectivity index (χ1v) is 0. The van der Waals surface area contributed by atoms with Crippen molar-refractivity contribution in [2.75, 3.05) is 0 Å². The molecule has 0 heterocycles. The molecule has 0 aliphatic heterocycles. The molecule has 0 atom stereocenters. The van der Waals surface area contributed by atoms with Crippen molar-refractivity contribution < 1.29 is 1.43 Å². The Bertz CT molecular complexity index is 9.52. The summed E-state index contributed by atoms with van der Waals surface area (Å²) in [7, 11) is 0. The lowest BCUT2D eigenvalue weighted by molar-refractivity contribution is 2.50. The van der Waals surface area contributed by atoms with Crippen molar-refractivity contribution in [2.24, 2.45) is 0 Å². The van der Waals surface area contributed by atoms with E-state index in [0.29, 0.717) is 0 Å². The van der Waals surface area contributed by atoms with Crippen molar-refractivity contribution in [3.8, 4) is 0 Å². The van der Waals surface area contributed by atoms with Crippen LogP contribution >= 0.6 is 0 Å². The fourth-order valence-electron chi connectivity index (χ4n) is 0. The molecular formula is C9H38B. The Hall–Kier alpha value is 0.0649. The molecule has 0 aliphatic rings. The summed E-state index contributed by atoms with van der Waals surface area (Å²) in [6, 6.07) is 0. The smallest absolute Gasteiger partial charge is 0 e. The van der Waals surface area contributed by atoms with Crippen LogP contribution in [0.2, 0.25) is 0 Å². The predicted octanol–water partition coefficient (Wildman–Crippen LogP) is 5.59. The molecule has 0 nitrogen and oxygen atoms in total. The van der Waals surface area contributed by atoms with Gasteiger partial charge in [0.2, 0.25) is 0 Å². The predicted molar refractivity (Wildman–Crippen MR) is 68.4 cm³/mol. The summed E-state index contributed by atoms with van der Waals surface area (Å²) in [6.07, 6.45) is 0. The molecule has 0 aromatic carbocycles. The topological polar surface area (TPSA) is 0 Å². The van der Waals surface area contributed by atoms with Gasteiger partial charge < -0.3 is 0 Å². The first-order chi connectivity index (χ1) is 0. The van der Waals surface area contributed by atoms with E-state index in [4.69, 9.17) is 0 Å². The van der Waals surface area contributed by atoms with Crippen molar-refractivity contribution in [3.05, 3.63) is 0 Å². The fourth-order valence-corrected chi connectivity index (χ4v) is 0. The second kappa shape index (κ2) is 140000. The lowest BCUT2D eigenvalue weighted by Crippen LogP contribution is -0.381. The lowest BCUT2D eigenvalue weighted by atomic mass is 10.8. The van der Waals surface area contributed by atoms with E-state index in [9.17, 15) is 0 Å². The largest absolute Gasteiger partial charge is 0.0776 e. The number of rotatable bonds is 0. The third kappa shape index (κ3) is 95500. The molecule has 0 N–H and O–H groups in total. The van der Waals surface area contributed by atoms with Gasteiger partial charge in [0.25, 0.3) is 0 Å². The van der Waals surface area contributed by atoms with Crippen LogP contribution in [0.5, 0.6) is 0 Å². The van der Waals surface area contributed by atoms with Gasteiger partial charge in [-0.2, -0.15) is 0 Å². The number of hydrogen-bond donors (Lipinski definition) is 0. The molecule has 0 aliphatic carbocycles. The van der Waals surface area contributed by atoms with Crippen LogP contribution in [0.1, 0.15) is 68.3 Å². The molecule has 0 spiro atoms. The second-order valence-corrected chi connectivity index (χ2v) is 0. The number of hydrogen-bond acceptors (Lipinski definition) is 0. The third-order valence-corrected chi connectivity index (χ3v) is 0. The fraction of sp³-hybridized carbons (Fsp3) is 1.00. The maximum Gasteiger partial charge on any atom is 0 e. The van der Waals surface area contributed by atoms with Crippen molar-refractivity contribution in [1.29, 1.82) is 0 Å². The van der Waals surface area contributed by atoms with Crippen molar-refractivity contribution in [1.82, 2.24) is 0 Å². The molecule has 0 saturated heterocycles. The molecule has 0 aromatic heterocycles. The minimum atomic E-state index is 0. The summed E-state index contributed by atoms with van der Waals surface area (Å²) in [5.41, 5.74) is 0. The van der Waals surface area contributed by atoms with Crippen LogP contribution in [0, 0.1) is 0 Å². The Balaban J connectivity index is 0. The van der Waals surface area contributed by atoms with Gasteiger partial charge >= 0.3 is 0 Å². The third-order valence-electron chi connectivity index (χ3n) is 0. The van der Waals surface area contributed by atoms with E-state index in [2.05, 4.69) is 0 Å². The maximum absolute atomic E-state index is 0. The van der Waals surface area contributed by atoms with Gasteiger partial charge in [0.1, 0.15) is 0 Å². The highest BCUT2D eigenvalue weighted by Gasteiger charge is 0.000129. The molecule has 3 radical (unpaired) electrons. The monoisotopic (exact) mass is 158 g/mol. The molecule has 0 rings (SSSR count). The van der Waals surface area contributed by atoms with Gasteiger partial charge in [-0.15, -0.1) is 0 Å². The Morgan fingerprint density at radius 2 is 0.300 bits per heavy atom. The summed E-state index contributed by atoms with van der Waals surface area (Å²) in [6.45, 7) is 0. The summed E-state index contributed by atoms with van der Waals surface area (Å²) >= 11 is 0. The Kier molecular flexibility index (Phi) is 2740000000. The summed E-state index contributed by atoms with van der Waals surface area (Å²) in [4.78, 5) is 0. The average Bonchev–Trinajstić information content (AvgIpc) is 0. The van der Waals surface area contributed by atoms with Gasteiger partial charge in [0.15, 0.2) is 0 Å². The molecule has 0 aromatic rings. The van der Waals surface area contributed by atoms with Crippen LogP contribution < -0.4 is 0 Å². The van der Waals surface area contributed by atoms with Gasteiger partial charge in [-0.25, -0.2) is 0 Å². The summed E-state index contributed by atoms with van der Waals surface area (Å²) < 4.78 is 0. The van der Waals surface area contributed by atoms with Gasteiger partial charge in [0.05, 0.1) is 0 Å². The quantitative estimate of drug-likeness (QED) is 0.403. The van der Waals surface area contributed by atoms with Gasteiger partial charge in [0, 0.05) is 9.84 Å². The van der Waals surface area contributed by atoms with Crippen molar-refractivity contribution >= 4 is 8.41 Å². The molecule has 0 bridgehead atoms. The van der Waals surface area contributed by atoms with Crippen LogP contribution in [0.3, 0.4) is 0 Å². The molecule has 0 unspecified atom stereocenters. The summed E-state index contributed by atoms with van der Waals surface area (Å²) in [5.74, 6) is 0. The SMILES string of the molecule is C.C.C.C.C.C.C.C.C.[2HH].[B]. The highest BCUT2D eigenvalue weighted by Crippen LogP contribution is 0.152. The second-order valence-electron chi connectivity index (χ2n) is 0. The minimum Gasteiger partial charge on any atom is -0.0776 e. The van der Waals surface area contributed by atoms with Crippen LogP contribution in [0.4, 0.5) is 0 Å². The zero-order valence-corrected chi connectivity index (χ0v) is 0.577. The average molecular weight is 158 g/mol. The van der Waals surface area contributed by atoms with E-state index in [0.717, 1.165) is 0 Å². The highest BCUT2D eigenvalue weighted by atomic mass is 12.0. The highest BCUT2D eigenvalue weighted by molar-refractivity contribution is 5.75. The summed E-state index contributed by atoms with van der Waals surface area (Å²) in [5, 5.41) is 0. The first-order valence-electron chi connectivity index (χ1n) is 0. The van der Waals surface area contributed by atoms with Crippen LogP contribution in [0.25, 0.3) is 0 Å². The Morgan fingerprint density at radius 1 is 0.300 bits per heavy atom. The van der Waals surface area contributed by atoms with Gasteiger partial charge in [-0.05, 0) is 0 Å². The molecule has 0 fully saturated rings. The molecule has 1 heteroatoms. The lowest BCUT2D eigenvalue weighted by Gasteiger charge is -0.0786. The zero-order valence-electron chi connectivity index (χ0n) is 0.577. The minimum absolute atomic E-state index is 0. The molecule has 10 heavy (non-hydrogen) atoms. The zero-order chi connectivity index (χ0) is 0. The Labute approximate surface area is 77.5 Å².